The van der Waals surface area contributed by atoms with Crippen LogP contribution in [0.4, 0.5) is 18.0 Å². The molecule has 3 amide bonds. The first-order valence-corrected chi connectivity index (χ1v) is 10.2. The predicted molar refractivity (Wildman–Crippen MR) is 115 cm³/mol. The monoisotopic (exact) mass is 517 g/mol. The smallest absolute Gasteiger partial charge is 0.334 e. The Morgan fingerprint density at radius 2 is 1.94 bits per heavy atom. The molecule has 10 nitrogen and oxygen atoms in total. The number of H-pyrrole nitrogens is 1. The van der Waals surface area contributed by atoms with Gasteiger partial charge in [0, 0.05) is 22.3 Å². The molecule has 180 valence electrons. The van der Waals surface area contributed by atoms with Crippen LogP contribution in [-0.2, 0) is 0 Å². The largest absolute Gasteiger partial charge is 0.485 e. The Bertz CT molecular complexity index is 1180. The number of ether oxygens (including phenoxy) is 1. The Hall–Kier alpha value is -3.58. The number of nitrogens with one attached hydrogen (secondary N) is 4. The number of hydrazine groups is 1. The summed E-state index contributed by atoms with van der Waals surface area (Å²) in [5.74, 6) is -1.80. The van der Waals surface area contributed by atoms with Gasteiger partial charge >= 0.3 is 11.9 Å². The second-order valence-electron chi connectivity index (χ2n) is 6.67. The van der Waals surface area contributed by atoms with Gasteiger partial charge in [-0.3, -0.25) is 20.3 Å². The van der Waals surface area contributed by atoms with Crippen molar-refractivity contribution in [2.75, 3.05) is 6.61 Å². The van der Waals surface area contributed by atoms with Gasteiger partial charge in [0.1, 0.15) is 24.5 Å². The number of amides is 3. The highest BCUT2D eigenvalue weighted by Crippen LogP contribution is 2.39. The lowest BCUT2D eigenvalue weighted by Crippen LogP contribution is -2.47. The molecule has 34 heavy (non-hydrogen) atoms. The van der Waals surface area contributed by atoms with Crippen molar-refractivity contribution in [3.8, 4) is 16.9 Å². The van der Waals surface area contributed by atoms with Crippen LogP contribution < -0.4 is 20.9 Å². The standard InChI is InChI=1S/C19H16Cl2F3N7O3/c1-8(28-19(33)31-30-18(32)17-26-7-27-29-17)15-13(22)2-9(5-25-15)11-3-10(20)4-12(21)16(11)34-6-14(23)24/h2-5,7-8,14H,6H2,1H3,(H,30,32)(H,26,27,29)(H2,28,31,33). The molecular weight excluding hydrogens is 502 g/mol. The summed E-state index contributed by atoms with van der Waals surface area (Å²) in [6, 6.07) is 1.97. The summed E-state index contributed by atoms with van der Waals surface area (Å²) in [6.45, 7) is 0.530. The maximum atomic E-state index is 14.8. The van der Waals surface area contributed by atoms with Crippen LogP contribution in [0.5, 0.6) is 5.75 Å². The quantitative estimate of drug-likeness (QED) is 0.353. The van der Waals surface area contributed by atoms with E-state index in [0.717, 1.165) is 12.4 Å². The highest BCUT2D eigenvalue weighted by atomic mass is 35.5. The second-order valence-corrected chi connectivity index (χ2v) is 7.51. The number of hydrogen-bond acceptors (Lipinski definition) is 6. The predicted octanol–water partition coefficient (Wildman–Crippen LogP) is 3.66. The van der Waals surface area contributed by atoms with E-state index >= 15 is 0 Å². The fourth-order valence-corrected chi connectivity index (χ4v) is 3.32. The molecule has 1 atom stereocenters. The molecule has 0 aliphatic carbocycles. The molecule has 3 rings (SSSR count). The molecule has 1 unspecified atom stereocenters. The molecule has 0 spiro atoms. The van der Waals surface area contributed by atoms with Gasteiger partial charge in [0.25, 0.3) is 6.43 Å². The van der Waals surface area contributed by atoms with Crippen molar-refractivity contribution in [2.24, 2.45) is 0 Å². The van der Waals surface area contributed by atoms with Crippen molar-refractivity contribution in [1.82, 2.24) is 36.3 Å². The molecule has 0 saturated carbocycles. The Morgan fingerprint density at radius 3 is 2.59 bits per heavy atom. The first kappa shape index (κ1) is 25.1. The van der Waals surface area contributed by atoms with Gasteiger partial charge < -0.3 is 10.1 Å². The van der Waals surface area contributed by atoms with Crippen LogP contribution in [0, 0.1) is 5.82 Å². The fraction of sp³-hybridized carbons (Fsp3) is 0.211. The molecule has 0 bridgehead atoms. The van der Waals surface area contributed by atoms with E-state index < -0.39 is 36.8 Å². The Kier molecular flexibility index (Phi) is 8.12. The zero-order valence-electron chi connectivity index (χ0n) is 17.2. The molecule has 1 aromatic carbocycles. The van der Waals surface area contributed by atoms with Gasteiger partial charge in [-0.2, -0.15) is 5.10 Å². The average Bonchev–Trinajstić information content (AvgIpc) is 3.31. The highest BCUT2D eigenvalue weighted by Gasteiger charge is 2.20. The van der Waals surface area contributed by atoms with E-state index in [0.29, 0.717) is 0 Å². The molecule has 3 aromatic rings. The van der Waals surface area contributed by atoms with Crippen molar-refractivity contribution in [1.29, 1.82) is 0 Å². The van der Waals surface area contributed by atoms with Crippen molar-refractivity contribution in [3.05, 3.63) is 58.1 Å². The maximum absolute atomic E-state index is 14.8. The molecule has 0 fully saturated rings. The van der Waals surface area contributed by atoms with E-state index in [-0.39, 0.29) is 38.4 Å². The van der Waals surface area contributed by atoms with Crippen LogP contribution in [0.2, 0.25) is 10.0 Å². The van der Waals surface area contributed by atoms with Gasteiger partial charge in [0.15, 0.2) is 0 Å². The minimum absolute atomic E-state index is 0.0354. The van der Waals surface area contributed by atoms with Crippen LogP contribution >= 0.6 is 23.2 Å². The normalized spacial score (nSPS) is 11.7. The van der Waals surface area contributed by atoms with E-state index in [1.165, 1.54) is 25.3 Å². The number of halogens is 5. The molecule has 15 heteroatoms. The lowest BCUT2D eigenvalue weighted by atomic mass is 10.0. The van der Waals surface area contributed by atoms with E-state index in [2.05, 4.69) is 36.3 Å². The number of urea groups is 1. The molecule has 0 aliphatic heterocycles. The third kappa shape index (κ3) is 6.26. The number of rotatable bonds is 7. The minimum Gasteiger partial charge on any atom is -0.485 e. The van der Waals surface area contributed by atoms with Crippen LogP contribution in [-0.4, -0.2) is 45.1 Å². The second kappa shape index (κ2) is 11.0. The van der Waals surface area contributed by atoms with Gasteiger partial charge in [-0.15, -0.1) is 0 Å². The number of alkyl halides is 2. The van der Waals surface area contributed by atoms with Gasteiger partial charge in [0.2, 0.25) is 5.82 Å². The van der Waals surface area contributed by atoms with Crippen LogP contribution in [0.25, 0.3) is 11.1 Å². The zero-order chi connectivity index (χ0) is 24.8. The topological polar surface area (TPSA) is 134 Å². The maximum Gasteiger partial charge on any atom is 0.334 e. The highest BCUT2D eigenvalue weighted by molar-refractivity contribution is 6.36. The first-order valence-electron chi connectivity index (χ1n) is 9.43. The molecule has 0 saturated heterocycles. The van der Waals surface area contributed by atoms with Gasteiger partial charge in [-0.25, -0.2) is 28.4 Å². The summed E-state index contributed by atoms with van der Waals surface area (Å²) in [6.07, 6.45) is -0.395. The number of aromatic nitrogens is 4. The average molecular weight is 518 g/mol. The van der Waals surface area contributed by atoms with E-state index in [1.807, 2.05) is 0 Å². The number of pyridine rings is 1. The molecular formula is C19H16Cl2F3N7O3. The summed E-state index contributed by atoms with van der Waals surface area (Å²) >= 11 is 12.1. The zero-order valence-corrected chi connectivity index (χ0v) is 18.7. The van der Waals surface area contributed by atoms with Crippen molar-refractivity contribution >= 4 is 35.1 Å². The van der Waals surface area contributed by atoms with Crippen molar-refractivity contribution < 1.29 is 27.5 Å². The summed E-state index contributed by atoms with van der Waals surface area (Å²) in [5, 5.41) is 8.34. The number of aromatic amines is 1. The summed E-state index contributed by atoms with van der Waals surface area (Å²) in [7, 11) is 0. The fourth-order valence-electron chi connectivity index (χ4n) is 2.77. The summed E-state index contributed by atoms with van der Waals surface area (Å²) in [5.41, 5.74) is 4.34. The minimum atomic E-state index is -2.75. The van der Waals surface area contributed by atoms with Gasteiger partial charge in [-0.05, 0) is 25.1 Å². The number of nitrogens with zero attached hydrogens (tertiary/aromatic N) is 3. The summed E-state index contributed by atoms with van der Waals surface area (Å²) < 4.78 is 45.1. The van der Waals surface area contributed by atoms with E-state index in [1.54, 1.807) is 0 Å². The molecule has 0 radical (unpaired) electrons. The van der Waals surface area contributed by atoms with Crippen molar-refractivity contribution in [3.63, 3.8) is 0 Å². The lowest BCUT2D eigenvalue weighted by molar-refractivity contribution is 0.0822. The number of benzene rings is 1. The molecule has 0 aliphatic rings. The third-order valence-corrected chi connectivity index (χ3v) is 4.72. The van der Waals surface area contributed by atoms with Crippen LogP contribution in [0.1, 0.15) is 29.3 Å². The summed E-state index contributed by atoms with van der Waals surface area (Å²) in [4.78, 5) is 31.4. The Morgan fingerprint density at radius 1 is 1.18 bits per heavy atom. The first-order chi connectivity index (χ1) is 16.2. The molecule has 2 heterocycles. The SMILES string of the molecule is CC(NC(=O)NNC(=O)c1ncn[nH]1)c1ncc(-c2cc(Cl)cc(Cl)c2OCC(F)F)cc1F. The lowest BCUT2D eigenvalue weighted by Gasteiger charge is -2.17. The number of hydrogen-bond donors (Lipinski definition) is 4. The Balaban J connectivity index is 1.72. The van der Waals surface area contributed by atoms with Crippen molar-refractivity contribution in [2.45, 2.75) is 19.4 Å². The molecule has 4 N–H and O–H groups in total. The van der Waals surface area contributed by atoms with Gasteiger partial charge in [-0.1, -0.05) is 23.2 Å². The van der Waals surface area contributed by atoms with Crippen LogP contribution in [0.3, 0.4) is 0 Å². The number of carbonyl (C=O) groups excluding carboxylic acids is 2. The Labute approximate surface area is 200 Å². The third-order valence-electron chi connectivity index (χ3n) is 4.22. The van der Waals surface area contributed by atoms with Crippen LogP contribution in [0.15, 0.2) is 30.7 Å². The van der Waals surface area contributed by atoms with Gasteiger partial charge in [0.05, 0.1) is 16.8 Å². The van der Waals surface area contributed by atoms with E-state index in [9.17, 15) is 22.8 Å². The molecule has 2 aromatic heterocycles. The number of carbonyl (C=O) groups is 2. The van der Waals surface area contributed by atoms with E-state index in [4.69, 9.17) is 27.9 Å².